The van der Waals surface area contributed by atoms with Crippen LogP contribution in [0.25, 0.3) is 0 Å². The highest BCUT2D eigenvalue weighted by Gasteiger charge is 2.29. The highest BCUT2D eigenvalue weighted by Crippen LogP contribution is 2.47. The SMILES string of the molecule is CCCCCCCCCCCCCCCCSC[C@H](COP(=O)(O)OCC[N+](C)(C)C)OP(=O)(O)CCCCCCCCCCCCCCCC. The first-order valence-corrected chi connectivity index (χ1v) is 25.8. The number of phosphoric ester groups is 1. The van der Waals surface area contributed by atoms with E-state index in [0.29, 0.717) is 23.2 Å². The predicted molar refractivity (Wildman–Crippen MR) is 222 cm³/mol. The van der Waals surface area contributed by atoms with Crippen LogP contribution >= 0.6 is 27.2 Å². The summed E-state index contributed by atoms with van der Waals surface area (Å²) in [5, 5.41) is 0. The van der Waals surface area contributed by atoms with E-state index in [9.17, 15) is 18.9 Å². The lowest BCUT2D eigenvalue weighted by atomic mass is 10.0. The number of hydrogen-bond donors (Lipinski definition) is 2. The Kier molecular flexibility index (Phi) is 35.4. The number of phosphoric acid groups is 1. The molecular weight excluding hydrogens is 700 g/mol. The summed E-state index contributed by atoms with van der Waals surface area (Å²) < 4.78 is 42.3. The largest absolute Gasteiger partial charge is 0.472 e. The number of rotatable bonds is 41. The van der Waals surface area contributed by atoms with Crippen LogP contribution in [0.5, 0.6) is 0 Å². The number of thioether (sulfide) groups is 1. The number of quaternary nitrogens is 1. The molecule has 0 bridgehead atoms. The lowest BCUT2D eigenvalue weighted by molar-refractivity contribution is -0.870. The van der Waals surface area contributed by atoms with Gasteiger partial charge in [-0.05, 0) is 18.6 Å². The Labute approximate surface area is 321 Å². The molecule has 0 radical (unpaired) electrons. The molecule has 0 aromatic heterocycles. The quantitative estimate of drug-likeness (QED) is 0.0359. The van der Waals surface area contributed by atoms with Crippen molar-refractivity contribution in [2.45, 2.75) is 200 Å². The third kappa shape index (κ3) is 40.1. The van der Waals surface area contributed by atoms with E-state index in [4.69, 9.17) is 13.6 Å². The maximum Gasteiger partial charge on any atom is 0.472 e. The van der Waals surface area contributed by atoms with Gasteiger partial charge >= 0.3 is 15.4 Å². The van der Waals surface area contributed by atoms with Crippen LogP contribution in [-0.4, -0.2) is 78.9 Å². The second kappa shape index (κ2) is 35.0. The van der Waals surface area contributed by atoms with Gasteiger partial charge in [0.15, 0.2) is 0 Å². The summed E-state index contributed by atoms with van der Waals surface area (Å²) in [6.07, 6.45) is 34.9. The van der Waals surface area contributed by atoms with Gasteiger partial charge in [-0.2, -0.15) is 11.8 Å². The molecular formula is C40H86NO7P2S+. The van der Waals surface area contributed by atoms with Crippen molar-refractivity contribution in [3.8, 4) is 0 Å². The second-order valence-corrected chi connectivity index (χ2v) is 20.5. The Morgan fingerprint density at radius 1 is 0.549 bits per heavy atom. The summed E-state index contributed by atoms with van der Waals surface area (Å²) in [5.41, 5.74) is 0. The van der Waals surface area contributed by atoms with E-state index in [1.807, 2.05) is 21.1 Å². The van der Waals surface area contributed by atoms with Crippen molar-refractivity contribution >= 4 is 27.2 Å². The minimum absolute atomic E-state index is 0.0777. The van der Waals surface area contributed by atoms with Crippen molar-refractivity contribution in [2.75, 3.05) is 58.6 Å². The molecule has 11 heteroatoms. The second-order valence-electron chi connectivity index (χ2n) is 16.0. The molecule has 0 fully saturated rings. The maximum atomic E-state index is 13.0. The molecule has 0 aromatic rings. The van der Waals surface area contributed by atoms with E-state index in [0.717, 1.165) is 25.0 Å². The first-order valence-electron chi connectivity index (χ1n) is 21.4. The predicted octanol–water partition coefficient (Wildman–Crippen LogP) is 13.1. The van der Waals surface area contributed by atoms with Gasteiger partial charge in [-0.15, -0.1) is 0 Å². The molecule has 3 atom stereocenters. The summed E-state index contributed by atoms with van der Waals surface area (Å²) in [6, 6.07) is 0. The average molecular weight is 787 g/mol. The van der Waals surface area contributed by atoms with Crippen LogP contribution in [0.1, 0.15) is 194 Å². The number of hydrogen-bond acceptors (Lipinski definition) is 6. The zero-order valence-electron chi connectivity index (χ0n) is 34.3. The third-order valence-electron chi connectivity index (χ3n) is 9.49. The van der Waals surface area contributed by atoms with Crippen LogP contribution in [-0.2, 0) is 22.7 Å². The van der Waals surface area contributed by atoms with Crippen molar-refractivity contribution in [1.82, 2.24) is 0 Å². The number of nitrogens with zero attached hydrogens (tertiary/aromatic N) is 1. The lowest BCUT2D eigenvalue weighted by Gasteiger charge is -2.25. The summed E-state index contributed by atoms with van der Waals surface area (Å²) in [6.45, 7) is 4.90. The van der Waals surface area contributed by atoms with Crippen molar-refractivity contribution in [1.29, 1.82) is 0 Å². The van der Waals surface area contributed by atoms with E-state index in [2.05, 4.69) is 13.8 Å². The molecule has 0 saturated carbocycles. The maximum absolute atomic E-state index is 13.0. The molecule has 0 rings (SSSR count). The minimum atomic E-state index is -4.30. The molecule has 8 nitrogen and oxygen atoms in total. The topological polar surface area (TPSA) is 102 Å². The molecule has 308 valence electrons. The van der Waals surface area contributed by atoms with E-state index in [1.165, 1.54) is 154 Å². The van der Waals surface area contributed by atoms with Crippen LogP contribution in [0.4, 0.5) is 0 Å². The van der Waals surface area contributed by atoms with E-state index < -0.39 is 21.5 Å². The molecule has 0 spiro atoms. The van der Waals surface area contributed by atoms with Crippen molar-refractivity contribution < 1.29 is 37.0 Å². The monoisotopic (exact) mass is 787 g/mol. The smallest absolute Gasteiger partial charge is 0.329 e. The Balaban J connectivity index is 4.35. The molecule has 2 unspecified atom stereocenters. The first kappa shape index (κ1) is 51.6. The van der Waals surface area contributed by atoms with E-state index in [1.54, 1.807) is 11.8 Å². The van der Waals surface area contributed by atoms with Crippen molar-refractivity contribution in [2.24, 2.45) is 0 Å². The van der Waals surface area contributed by atoms with Gasteiger partial charge in [-0.3, -0.25) is 13.6 Å². The fourth-order valence-corrected chi connectivity index (χ4v) is 9.33. The Hall–Kier alpha value is 0.570. The molecule has 0 aliphatic carbocycles. The number of likely N-dealkylation sites (N-methyl/N-ethyl adjacent to an activating group) is 1. The number of unbranched alkanes of at least 4 members (excludes halogenated alkanes) is 26. The van der Waals surface area contributed by atoms with E-state index in [-0.39, 0.29) is 19.4 Å². The van der Waals surface area contributed by atoms with E-state index >= 15 is 0 Å². The molecule has 0 amide bonds. The Bertz CT molecular complexity index is 846. The molecule has 0 saturated heterocycles. The Morgan fingerprint density at radius 2 is 0.922 bits per heavy atom. The Morgan fingerprint density at radius 3 is 1.31 bits per heavy atom. The fourth-order valence-electron chi connectivity index (χ4n) is 6.16. The highest BCUT2D eigenvalue weighted by molar-refractivity contribution is 7.99. The highest BCUT2D eigenvalue weighted by atomic mass is 32.2. The molecule has 51 heavy (non-hydrogen) atoms. The minimum Gasteiger partial charge on any atom is -0.329 e. The van der Waals surface area contributed by atoms with Crippen LogP contribution < -0.4 is 0 Å². The normalized spacial score (nSPS) is 15.2. The molecule has 0 aliphatic rings. The fraction of sp³-hybridized carbons (Fsp3) is 1.00. The van der Waals surface area contributed by atoms with Gasteiger partial charge < -0.3 is 18.8 Å². The van der Waals surface area contributed by atoms with Gasteiger partial charge in [0.2, 0.25) is 0 Å². The third-order valence-corrected chi connectivity index (χ3v) is 13.2. The van der Waals surface area contributed by atoms with Gasteiger partial charge in [0, 0.05) is 11.9 Å². The van der Waals surface area contributed by atoms with Gasteiger partial charge in [-0.25, -0.2) is 4.57 Å². The van der Waals surface area contributed by atoms with Crippen LogP contribution in [0.3, 0.4) is 0 Å². The standard InChI is InChI=1S/C40H85NO7P2S/c1-6-8-10-12-14-16-18-20-22-24-26-28-30-32-36-49(42,43)48-40(38-47-50(44,45)46-35-34-41(3,4)5)39-51-37-33-31-29-27-25-23-21-19-17-15-13-11-9-7-2/h40H,6-39H2,1-5H3,(H-,42,43,44,45)/p+1/t40-/m0/s1. The van der Waals surface area contributed by atoms with Crippen LogP contribution in [0, 0.1) is 0 Å². The molecule has 0 aliphatic heterocycles. The lowest BCUT2D eigenvalue weighted by Crippen LogP contribution is -2.37. The first-order chi connectivity index (χ1) is 24.4. The van der Waals surface area contributed by atoms with Crippen molar-refractivity contribution in [3.63, 3.8) is 0 Å². The van der Waals surface area contributed by atoms with Gasteiger partial charge in [0.1, 0.15) is 19.3 Å². The van der Waals surface area contributed by atoms with Gasteiger partial charge in [-0.1, -0.05) is 181 Å². The summed E-state index contributed by atoms with van der Waals surface area (Å²) >= 11 is 1.65. The summed E-state index contributed by atoms with van der Waals surface area (Å²) in [5.74, 6) is 1.35. The zero-order chi connectivity index (χ0) is 37.9. The average Bonchev–Trinajstić information content (AvgIpc) is 3.06. The molecule has 0 heterocycles. The molecule has 0 aromatic carbocycles. The zero-order valence-corrected chi connectivity index (χ0v) is 36.9. The van der Waals surface area contributed by atoms with Crippen molar-refractivity contribution in [3.05, 3.63) is 0 Å². The summed E-state index contributed by atoms with van der Waals surface area (Å²) in [7, 11) is -2.23. The van der Waals surface area contributed by atoms with Crippen LogP contribution in [0.2, 0.25) is 0 Å². The van der Waals surface area contributed by atoms with Crippen LogP contribution in [0.15, 0.2) is 0 Å². The van der Waals surface area contributed by atoms with Gasteiger partial charge in [0.25, 0.3) is 0 Å². The van der Waals surface area contributed by atoms with Gasteiger partial charge in [0.05, 0.1) is 27.7 Å². The summed E-state index contributed by atoms with van der Waals surface area (Å²) in [4.78, 5) is 20.9. The molecule has 2 N–H and O–H groups in total.